The van der Waals surface area contributed by atoms with Crippen LogP contribution in [0, 0.1) is 6.92 Å². The van der Waals surface area contributed by atoms with Crippen LogP contribution in [0.25, 0.3) is 0 Å². The fourth-order valence-corrected chi connectivity index (χ4v) is 2.45. The summed E-state index contributed by atoms with van der Waals surface area (Å²) in [6, 6.07) is 4.54. The van der Waals surface area contributed by atoms with Crippen LogP contribution in [0.3, 0.4) is 0 Å². The average molecular weight is 316 g/mol. The molecule has 0 saturated heterocycles. The molecule has 1 aromatic heterocycles. The molecule has 2 rings (SSSR count). The molecule has 3 nitrogen and oxygen atoms in total. The summed E-state index contributed by atoms with van der Waals surface area (Å²) in [4.78, 5) is 4.27. The van der Waals surface area contributed by atoms with E-state index >= 15 is 0 Å². The van der Waals surface area contributed by atoms with Crippen LogP contribution in [-0.4, -0.2) is 16.6 Å². The minimum atomic E-state index is -4.36. The van der Waals surface area contributed by atoms with Crippen molar-refractivity contribution in [1.82, 2.24) is 10.3 Å². The highest BCUT2D eigenvalue weighted by Crippen LogP contribution is 2.29. The van der Waals surface area contributed by atoms with E-state index in [1.807, 2.05) is 12.3 Å². The molecule has 2 aromatic rings. The quantitative estimate of drug-likeness (QED) is 0.890. The summed E-state index contributed by atoms with van der Waals surface area (Å²) >= 11 is 1.54. The highest BCUT2D eigenvalue weighted by molar-refractivity contribution is 7.09. The number of aliphatic hydroxyl groups is 1. The van der Waals surface area contributed by atoms with Crippen molar-refractivity contribution >= 4 is 11.3 Å². The van der Waals surface area contributed by atoms with Gasteiger partial charge in [0.05, 0.1) is 22.4 Å². The summed E-state index contributed by atoms with van der Waals surface area (Å²) < 4.78 is 37.3. The van der Waals surface area contributed by atoms with E-state index in [1.165, 1.54) is 12.1 Å². The molecule has 0 aliphatic carbocycles. The minimum Gasteiger partial charge on any atom is -0.387 e. The minimum absolute atomic E-state index is 0.252. The summed E-state index contributed by atoms with van der Waals surface area (Å²) in [7, 11) is 0. The molecular formula is C14H15F3N2OS. The molecule has 0 aliphatic heterocycles. The second kappa shape index (κ2) is 6.55. The van der Waals surface area contributed by atoms with E-state index in [0.717, 1.165) is 22.8 Å². The van der Waals surface area contributed by atoms with Crippen molar-refractivity contribution in [1.29, 1.82) is 0 Å². The van der Waals surface area contributed by atoms with Gasteiger partial charge in [-0.05, 0) is 24.6 Å². The van der Waals surface area contributed by atoms with Gasteiger partial charge in [0.2, 0.25) is 0 Å². The zero-order valence-corrected chi connectivity index (χ0v) is 12.1. The van der Waals surface area contributed by atoms with Gasteiger partial charge in [-0.1, -0.05) is 12.1 Å². The highest BCUT2D eigenvalue weighted by atomic mass is 32.1. The van der Waals surface area contributed by atoms with Gasteiger partial charge in [0.25, 0.3) is 0 Å². The van der Waals surface area contributed by atoms with Gasteiger partial charge in [0, 0.05) is 18.5 Å². The Kier molecular flexibility index (Phi) is 4.97. The molecule has 1 heterocycles. The average Bonchev–Trinajstić information content (AvgIpc) is 2.83. The number of rotatable bonds is 5. The number of hydrogen-bond donors (Lipinski definition) is 2. The molecule has 2 N–H and O–H groups in total. The third-order valence-corrected chi connectivity index (χ3v) is 3.76. The first-order valence-electron chi connectivity index (χ1n) is 6.33. The number of aryl methyl sites for hydroxylation is 1. The molecule has 114 valence electrons. The van der Waals surface area contributed by atoms with Gasteiger partial charge in [-0.3, -0.25) is 0 Å². The van der Waals surface area contributed by atoms with Crippen molar-refractivity contribution in [3.05, 3.63) is 51.5 Å². The van der Waals surface area contributed by atoms with Crippen molar-refractivity contribution in [2.75, 3.05) is 6.54 Å². The molecule has 1 unspecified atom stereocenters. The Morgan fingerprint density at radius 3 is 2.48 bits per heavy atom. The SMILES string of the molecule is Cc1nc(CNCC(O)c2ccc(C(F)(F)F)cc2)cs1. The summed E-state index contributed by atoms with van der Waals surface area (Å²) in [5, 5.41) is 15.9. The molecule has 7 heteroatoms. The standard InChI is InChI=1S/C14H15F3N2OS/c1-9-19-12(8-21-9)6-18-7-13(20)10-2-4-11(5-3-10)14(15,16)17/h2-5,8,13,18,20H,6-7H2,1H3. The van der Waals surface area contributed by atoms with Crippen LogP contribution in [0.5, 0.6) is 0 Å². The van der Waals surface area contributed by atoms with Gasteiger partial charge in [-0.2, -0.15) is 13.2 Å². The van der Waals surface area contributed by atoms with Crippen LogP contribution < -0.4 is 5.32 Å². The zero-order chi connectivity index (χ0) is 15.5. The van der Waals surface area contributed by atoms with Crippen LogP contribution in [0.15, 0.2) is 29.6 Å². The molecule has 1 aromatic carbocycles. The van der Waals surface area contributed by atoms with E-state index in [1.54, 1.807) is 11.3 Å². The number of alkyl halides is 3. The number of aliphatic hydroxyl groups excluding tert-OH is 1. The Balaban J connectivity index is 1.87. The van der Waals surface area contributed by atoms with Gasteiger partial charge < -0.3 is 10.4 Å². The van der Waals surface area contributed by atoms with E-state index in [-0.39, 0.29) is 6.54 Å². The maximum absolute atomic E-state index is 12.4. The van der Waals surface area contributed by atoms with Crippen LogP contribution in [0.2, 0.25) is 0 Å². The van der Waals surface area contributed by atoms with Gasteiger partial charge >= 0.3 is 6.18 Å². The number of hydrogen-bond acceptors (Lipinski definition) is 4. The second-order valence-corrected chi connectivity index (χ2v) is 5.69. The first-order valence-corrected chi connectivity index (χ1v) is 7.21. The monoisotopic (exact) mass is 316 g/mol. The fraction of sp³-hybridized carbons (Fsp3) is 0.357. The van der Waals surface area contributed by atoms with Gasteiger partial charge in [0.1, 0.15) is 0 Å². The number of benzene rings is 1. The maximum Gasteiger partial charge on any atom is 0.416 e. The molecule has 0 fully saturated rings. The number of halogens is 3. The molecule has 0 radical (unpaired) electrons. The topological polar surface area (TPSA) is 45.2 Å². The summed E-state index contributed by atoms with van der Waals surface area (Å²) in [5.41, 5.74) is 0.617. The van der Waals surface area contributed by atoms with Crippen molar-refractivity contribution in [3.63, 3.8) is 0 Å². The normalized spacial score (nSPS) is 13.4. The van der Waals surface area contributed by atoms with Gasteiger partial charge in [-0.25, -0.2) is 4.98 Å². The fourth-order valence-electron chi connectivity index (χ4n) is 1.84. The maximum atomic E-state index is 12.4. The highest BCUT2D eigenvalue weighted by Gasteiger charge is 2.30. The van der Waals surface area contributed by atoms with E-state index in [4.69, 9.17) is 0 Å². The Labute approximate surface area is 124 Å². The largest absolute Gasteiger partial charge is 0.416 e. The van der Waals surface area contributed by atoms with Gasteiger partial charge in [0.15, 0.2) is 0 Å². The van der Waals surface area contributed by atoms with Crippen LogP contribution >= 0.6 is 11.3 Å². The van der Waals surface area contributed by atoms with E-state index in [2.05, 4.69) is 10.3 Å². The third-order valence-electron chi connectivity index (χ3n) is 2.93. The Bertz CT molecular complexity index is 581. The lowest BCUT2D eigenvalue weighted by Crippen LogP contribution is -2.21. The molecular weight excluding hydrogens is 301 g/mol. The molecule has 0 bridgehead atoms. The van der Waals surface area contributed by atoms with Crippen LogP contribution in [0.1, 0.15) is 27.9 Å². The van der Waals surface area contributed by atoms with Crippen molar-refractivity contribution < 1.29 is 18.3 Å². The van der Waals surface area contributed by atoms with Crippen molar-refractivity contribution in [3.8, 4) is 0 Å². The molecule has 0 spiro atoms. The smallest absolute Gasteiger partial charge is 0.387 e. The zero-order valence-electron chi connectivity index (χ0n) is 11.3. The molecule has 0 saturated carbocycles. The van der Waals surface area contributed by atoms with E-state index in [0.29, 0.717) is 12.1 Å². The number of nitrogens with one attached hydrogen (secondary N) is 1. The first-order chi connectivity index (χ1) is 9.86. The molecule has 21 heavy (non-hydrogen) atoms. The van der Waals surface area contributed by atoms with Crippen LogP contribution in [0.4, 0.5) is 13.2 Å². The predicted octanol–water partition coefficient (Wildman–Crippen LogP) is 3.29. The lowest BCUT2D eigenvalue weighted by molar-refractivity contribution is -0.137. The third kappa shape index (κ3) is 4.52. The Morgan fingerprint density at radius 1 is 1.29 bits per heavy atom. The number of nitrogens with zero attached hydrogens (tertiary/aromatic N) is 1. The van der Waals surface area contributed by atoms with Crippen molar-refractivity contribution in [2.24, 2.45) is 0 Å². The Hall–Kier alpha value is -1.44. The lowest BCUT2D eigenvalue weighted by atomic mass is 10.1. The van der Waals surface area contributed by atoms with E-state index < -0.39 is 17.8 Å². The van der Waals surface area contributed by atoms with Crippen molar-refractivity contribution in [2.45, 2.75) is 25.7 Å². The Morgan fingerprint density at radius 2 is 1.95 bits per heavy atom. The summed E-state index contributed by atoms with van der Waals surface area (Å²) in [6.45, 7) is 2.68. The van der Waals surface area contributed by atoms with Gasteiger partial charge in [-0.15, -0.1) is 11.3 Å². The molecule has 0 amide bonds. The van der Waals surface area contributed by atoms with Crippen LogP contribution in [-0.2, 0) is 12.7 Å². The molecule has 1 atom stereocenters. The number of aromatic nitrogens is 1. The second-order valence-electron chi connectivity index (χ2n) is 4.62. The lowest BCUT2D eigenvalue weighted by Gasteiger charge is -2.13. The number of thiazole rings is 1. The summed E-state index contributed by atoms with van der Waals surface area (Å²) in [5.74, 6) is 0. The van der Waals surface area contributed by atoms with E-state index in [9.17, 15) is 18.3 Å². The summed E-state index contributed by atoms with van der Waals surface area (Å²) in [6.07, 6.45) is -5.21. The predicted molar refractivity (Wildman–Crippen MR) is 75.0 cm³/mol. The molecule has 0 aliphatic rings. The first kappa shape index (κ1) is 15.9.